The minimum Gasteiger partial charge on any atom is -0.489 e. The summed E-state index contributed by atoms with van der Waals surface area (Å²) in [4.78, 5) is 24.2. The van der Waals surface area contributed by atoms with Crippen molar-refractivity contribution in [2.45, 2.75) is 57.9 Å². The first-order valence-electron chi connectivity index (χ1n) is 8.61. The van der Waals surface area contributed by atoms with Gasteiger partial charge in [0.05, 0.1) is 17.7 Å². The van der Waals surface area contributed by atoms with Crippen LogP contribution in [0.3, 0.4) is 0 Å². The van der Waals surface area contributed by atoms with E-state index in [-0.39, 0.29) is 18.9 Å². The first-order valence-corrected chi connectivity index (χ1v) is 8.61. The third-order valence-electron chi connectivity index (χ3n) is 4.18. The molecule has 1 saturated carbocycles. The molecule has 0 spiro atoms. The normalized spacial score (nSPS) is 20.5. The second-order valence-corrected chi connectivity index (χ2v) is 6.69. The predicted molar refractivity (Wildman–Crippen MR) is 90.8 cm³/mol. The van der Waals surface area contributed by atoms with Gasteiger partial charge in [0, 0.05) is 6.04 Å². The van der Waals surface area contributed by atoms with Crippen molar-refractivity contribution in [2.75, 3.05) is 5.32 Å². The third kappa shape index (κ3) is 5.64. The molecule has 0 unspecified atom stereocenters. The molecule has 0 aliphatic heterocycles. The Morgan fingerprint density at radius 2 is 1.85 bits per heavy atom. The first-order chi connectivity index (χ1) is 12.2. The third-order valence-corrected chi connectivity index (χ3v) is 4.18. The summed E-state index contributed by atoms with van der Waals surface area (Å²) in [5.74, 6) is -2.90. The van der Waals surface area contributed by atoms with Crippen molar-refractivity contribution >= 4 is 17.5 Å². The molecule has 0 bridgehead atoms. The number of anilines is 1. The molecule has 2 amide bonds. The van der Waals surface area contributed by atoms with Crippen LogP contribution in [0, 0.1) is 5.92 Å². The SMILES string of the molecule is CC(C)Oc1ccccc1NC(=O)C(=O)N[C@H]1CCC[C@@H](C(F)(F)F)C1. The van der Waals surface area contributed by atoms with Crippen molar-refractivity contribution in [3.63, 3.8) is 0 Å². The van der Waals surface area contributed by atoms with E-state index in [9.17, 15) is 22.8 Å². The molecule has 1 fully saturated rings. The second kappa shape index (κ2) is 8.42. The molecule has 1 aliphatic carbocycles. The van der Waals surface area contributed by atoms with Gasteiger partial charge < -0.3 is 15.4 Å². The minimum atomic E-state index is -4.28. The number of amides is 2. The van der Waals surface area contributed by atoms with Gasteiger partial charge in [0.15, 0.2) is 0 Å². The average molecular weight is 372 g/mol. The lowest BCUT2D eigenvalue weighted by molar-refractivity contribution is -0.184. The van der Waals surface area contributed by atoms with E-state index in [1.807, 2.05) is 13.8 Å². The van der Waals surface area contributed by atoms with E-state index >= 15 is 0 Å². The van der Waals surface area contributed by atoms with E-state index in [0.717, 1.165) is 0 Å². The summed E-state index contributed by atoms with van der Waals surface area (Å²) in [5, 5.41) is 4.86. The van der Waals surface area contributed by atoms with Gasteiger partial charge in [0.1, 0.15) is 5.75 Å². The van der Waals surface area contributed by atoms with E-state index < -0.39 is 30.0 Å². The van der Waals surface area contributed by atoms with Gasteiger partial charge in [-0.05, 0) is 45.2 Å². The highest BCUT2D eigenvalue weighted by Crippen LogP contribution is 2.37. The Balaban J connectivity index is 1.95. The second-order valence-electron chi connectivity index (χ2n) is 6.69. The smallest absolute Gasteiger partial charge is 0.391 e. The summed E-state index contributed by atoms with van der Waals surface area (Å²) < 4.78 is 44.1. The quantitative estimate of drug-likeness (QED) is 0.793. The van der Waals surface area contributed by atoms with Gasteiger partial charge in [0.2, 0.25) is 0 Å². The van der Waals surface area contributed by atoms with Crippen LogP contribution in [-0.4, -0.2) is 30.1 Å². The number of para-hydroxylation sites is 2. The summed E-state index contributed by atoms with van der Waals surface area (Å²) in [6, 6.07) is 5.99. The molecule has 1 aliphatic rings. The molecule has 0 heterocycles. The lowest BCUT2D eigenvalue weighted by Crippen LogP contribution is -2.45. The van der Waals surface area contributed by atoms with E-state index in [0.29, 0.717) is 24.3 Å². The fraction of sp³-hybridized carbons (Fsp3) is 0.556. The van der Waals surface area contributed by atoms with Crippen molar-refractivity contribution in [3.8, 4) is 5.75 Å². The van der Waals surface area contributed by atoms with Gasteiger partial charge in [-0.25, -0.2) is 0 Å². The Kier molecular flexibility index (Phi) is 6.50. The maximum absolute atomic E-state index is 12.8. The number of rotatable bonds is 4. The molecule has 2 N–H and O–H groups in total. The van der Waals surface area contributed by atoms with Crippen LogP contribution in [-0.2, 0) is 9.59 Å². The van der Waals surface area contributed by atoms with Crippen molar-refractivity contribution in [1.82, 2.24) is 5.32 Å². The number of carbonyl (C=O) groups excluding carboxylic acids is 2. The van der Waals surface area contributed by atoms with Crippen molar-refractivity contribution in [3.05, 3.63) is 24.3 Å². The molecule has 8 heteroatoms. The maximum atomic E-state index is 12.8. The van der Waals surface area contributed by atoms with Crippen LogP contribution in [0.4, 0.5) is 18.9 Å². The molecule has 0 aromatic heterocycles. The largest absolute Gasteiger partial charge is 0.489 e. The standard InChI is InChI=1S/C18H23F3N2O3/c1-11(2)26-15-9-4-3-8-14(15)23-17(25)16(24)22-13-7-5-6-12(10-13)18(19,20)21/h3-4,8-9,11-13H,5-7,10H2,1-2H3,(H,22,24)(H,23,25)/t12-,13+/m1/s1. The molecule has 0 saturated heterocycles. The molecule has 26 heavy (non-hydrogen) atoms. The Hall–Kier alpha value is -2.25. The van der Waals surface area contributed by atoms with E-state index in [1.54, 1.807) is 24.3 Å². The number of benzene rings is 1. The lowest BCUT2D eigenvalue weighted by atomic mass is 9.85. The minimum absolute atomic E-state index is 0.0575. The lowest BCUT2D eigenvalue weighted by Gasteiger charge is -2.30. The summed E-state index contributed by atoms with van der Waals surface area (Å²) in [6.07, 6.45) is -3.75. The number of halogens is 3. The van der Waals surface area contributed by atoms with Crippen LogP contribution < -0.4 is 15.4 Å². The van der Waals surface area contributed by atoms with Crippen molar-refractivity contribution in [1.29, 1.82) is 0 Å². The Morgan fingerprint density at radius 1 is 1.15 bits per heavy atom. The van der Waals surface area contributed by atoms with E-state index in [4.69, 9.17) is 4.74 Å². The summed E-state index contributed by atoms with van der Waals surface area (Å²) >= 11 is 0. The van der Waals surface area contributed by atoms with Gasteiger partial charge in [-0.15, -0.1) is 0 Å². The Morgan fingerprint density at radius 3 is 2.50 bits per heavy atom. The van der Waals surface area contributed by atoms with E-state index in [1.165, 1.54) is 0 Å². The summed E-state index contributed by atoms with van der Waals surface area (Å²) in [6.45, 7) is 3.65. The fourth-order valence-corrected chi connectivity index (χ4v) is 2.97. The van der Waals surface area contributed by atoms with Gasteiger partial charge >= 0.3 is 18.0 Å². The zero-order chi connectivity index (χ0) is 19.3. The molecule has 1 aromatic carbocycles. The number of hydrogen-bond acceptors (Lipinski definition) is 3. The molecular formula is C18H23F3N2O3. The zero-order valence-electron chi connectivity index (χ0n) is 14.7. The van der Waals surface area contributed by atoms with Crippen molar-refractivity contribution < 1.29 is 27.5 Å². The first kappa shape index (κ1) is 20.1. The number of alkyl halides is 3. The topological polar surface area (TPSA) is 67.4 Å². The van der Waals surface area contributed by atoms with Crippen LogP contribution in [0.2, 0.25) is 0 Å². The van der Waals surface area contributed by atoms with Gasteiger partial charge in [-0.2, -0.15) is 13.2 Å². The van der Waals surface area contributed by atoms with Crippen LogP contribution >= 0.6 is 0 Å². The number of carbonyl (C=O) groups is 2. The zero-order valence-corrected chi connectivity index (χ0v) is 14.7. The van der Waals surface area contributed by atoms with Gasteiger partial charge in [-0.3, -0.25) is 9.59 Å². The monoisotopic (exact) mass is 372 g/mol. The van der Waals surface area contributed by atoms with Crippen LogP contribution in [0.5, 0.6) is 5.75 Å². The van der Waals surface area contributed by atoms with Crippen molar-refractivity contribution in [2.24, 2.45) is 5.92 Å². The highest BCUT2D eigenvalue weighted by molar-refractivity contribution is 6.39. The fourth-order valence-electron chi connectivity index (χ4n) is 2.97. The molecule has 144 valence electrons. The molecule has 2 atom stereocenters. The van der Waals surface area contributed by atoms with Gasteiger partial charge in [0.25, 0.3) is 0 Å². The van der Waals surface area contributed by atoms with Gasteiger partial charge in [-0.1, -0.05) is 18.6 Å². The molecule has 1 aromatic rings. The van der Waals surface area contributed by atoms with E-state index in [2.05, 4.69) is 10.6 Å². The number of hydrogen-bond donors (Lipinski definition) is 2. The molecular weight excluding hydrogens is 349 g/mol. The van der Waals surface area contributed by atoms with Crippen LogP contribution in [0.15, 0.2) is 24.3 Å². The highest BCUT2D eigenvalue weighted by atomic mass is 19.4. The summed E-state index contributed by atoms with van der Waals surface area (Å²) in [7, 11) is 0. The molecule has 5 nitrogen and oxygen atoms in total. The highest BCUT2D eigenvalue weighted by Gasteiger charge is 2.42. The predicted octanol–water partition coefficient (Wildman–Crippen LogP) is 3.65. The Labute approximate surface area is 150 Å². The molecule has 0 radical (unpaired) electrons. The summed E-state index contributed by atoms with van der Waals surface area (Å²) in [5.41, 5.74) is 0.332. The average Bonchev–Trinajstić information content (AvgIpc) is 2.55. The maximum Gasteiger partial charge on any atom is 0.391 e. The molecule has 2 rings (SSSR count). The number of ether oxygens (including phenoxy) is 1. The van der Waals surface area contributed by atoms with Crippen LogP contribution in [0.1, 0.15) is 39.5 Å². The number of nitrogens with one attached hydrogen (secondary N) is 2. The Bertz CT molecular complexity index is 647. The van der Waals surface area contributed by atoms with Crippen LogP contribution in [0.25, 0.3) is 0 Å².